The van der Waals surface area contributed by atoms with Gasteiger partial charge in [-0.25, -0.2) is 0 Å². The van der Waals surface area contributed by atoms with E-state index in [1.54, 1.807) is 6.07 Å². The van der Waals surface area contributed by atoms with Crippen LogP contribution >= 0.6 is 0 Å². The Balaban J connectivity index is 1.38. The van der Waals surface area contributed by atoms with E-state index in [1.165, 1.54) is 5.56 Å². The van der Waals surface area contributed by atoms with E-state index in [-0.39, 0.29) is 18.4 Å². The zero-order chi connectivity index (χ0) is 18.4. The molecule has 5 nitrogen and oxygen atoms in total. The first-order valence-electron chi connectivity index (χ1n) is 9.03. The lowest BCUT2D eigenvalue weighted by Crippen LogP contribution is -2.36. The Bertz CT molecular complexity index is 1110. The Kier molecular flexibility index (Phi) is 3.60. The van der Waals surface area contributed by atoms with Gasteiger partial charge in [-0.1, -0.05) is 41.6 Å². The zero-order valence-corrected chi connectivity index (χ0v) is 14.9. The molecule has 2 aromatic carbocycles. The standard InChI is InChI=1S/C22H18N2O3/c1-14-10-15-6-2-4-8-18(15)24(14)22(25)13-17-12-21(27-23-17)20-11-16-7-3-5-9-19(16)26-20/h2-9,11-12,14H,10,13H2,1H3/t14-/m0/s1. The maximum Gasteiger partial charge on any atom is 0.233 e. The van der Waals surface area contributed by atoms with Crippen molar-refractivity contribution in [3.8, 4) is 11.5 Å². The summed E-state index contributed by atoms with van der Waals surface area (Å²) in [5.41, 5.74) is 3.61. The number of hydrogen-bond acceptors (Lipinski definition) is 4. The molecule has 0 aliphatic carbocycles. The number of benzene rings is 2. The number of amides is 1. The molecule has 3 heterocycles. The van der Waals surface area contributed by atoms with Crippen LogP contribution < -0.4 is 4.90 Å². The van der Waals surface area contributed by atoms with Gasteiger partial charge in [0.15, 0.2) is 5.76 Å². The number of aromatic nitrogens is 1. The Morgan fingerprint density at radius 1 is 1.11 bits per heavy atom. The van der Waals surface area contributed by atoms with E-state index in [9.17, 15) is 4.79 Å². The smallest absolute Gasteiger partial charge is 0.233 e. The van der Waals surface area contributed by atoms with Crippen molar-refractivity contribution >= 4 is 22.6 Å². The van der Waals surface area contributed by atoms with Crippen molar-refractivity contribution < 1.29 is 13.7 Å². The lowest BCUT2D eigenvalue weighted by atomic mass is 10.1. The van der Waals surface area contributed by atoms with Gasteiger partial charge in [0.25, 0.3) is 0 Å². The second kappa shape index (κ2) is 6.13. The predicted molar refractivity (Wildman–Crippen MR) is 103 cm³/mol. The maximum atomic E-state index is 12.9. The van der Waals surface area contributed by atoms with Gasteiger partial charge >= 0.3 is 0 Å². The van der Waals surface area contributed by atoms with Crippen LogP contribution in [0.25, 0.3) is 22.5 Å². The number of fused-ring (bicyclic) bond motifs is 2. The van der Waals surface area contributed by atoms with Gasteiger partial charge in [0.1, 0.15) is 5.58 Å². The summed E-state index contributed by atoms with van der Waals surface area (Å²) < 4.78 is 11.2. The van der Waals surface area contributed by atoms with Gasteiger partial charge in [-0.3, -0.25) is 4.79 Å². The summed E-state index contributed by atoms with van der Waals surface area (Å²) in [5.74, 6) is 1.17. The molecule has 0 saturated heterocycles. The lowest BCUT2D eigenvalue weighted by Gasteiger charge is -2.22. The van der Waals surface area contributed by atoms with Crippen molar-refractivity contribution in [1.82, 2.24) is 5.16 Å². The Morgan fingerprint density at radius 2 is 1.93 bits per heavy atom. The molecule has 1 atom stereocenters. The first-order valence-corrected chi connectivity index (χ1v) is 9.03. The normalized spacial score (nSPS) is 16.0. The van der Waals surface area contributed by atoms with Crippen LogP contribution in [0.15, 0.2) is 69.6 Å². The molecule has 0 spiro atoms. The van der Waals surface area contributed by atoms with Gasteiger partial charge in [0, 0.05) is 23.2 Å². The second-order valence-electron chi connectivity index (χ2n) is 6.95. The molecular formula is C22H18N2O3. The summed E-state index contributed by atoms with van der Waals surface area (Å²) >= 11 is 0. The van der Waals surface area contributed by atoms with E-state index < -0.39 is 0 Å². The number of rotatable bonds is 3. The quantitative estimate of drug-likeness (QED) is 0.537. The highest BCUT2D eigenvalue weighted by molar-refractivity contribution is 5.97. The molecule has 1 aliphatic rings. The highest BCUT2D eigenvalue weighted by Crippen LogP contribution is 2.33. The van der Waals surface area contributed by atoms with Crippen LogP contribution in [-0.4, -0.2) is 17.1 Å². The largest absolute Gasteiger partial charge is 0.453 e. The molecule has 134 valence electrons. The van der Waals surface area contributed by atoms with E-state index in [0.717, 1.165) is 23.1 Å². The molecular weight excluding hydrogens is 340 g/mol. The number of carbonyl (C=O) groups excluding carboxylic acids is 1. The minimum Gasteiger partial charge on any atom is -0.453 e. The van der Waals surface area contributed by atoms with Crippen LogP contribution in [0.3, 0.4) is 0 Å². The van der Waals surface area contributed by atoms with E-state index in [4.69, 9.17) is 8.94 Å². The number of anilines is 1. The number of nitrogens with zero attached hydrogens (tertiary/aromatic N) is 2. The molecule has 5 rings (SSSR count). The van der Waals surface area contributed by atoms with E-state index >= 15 is 0 Å². The van der Waals surface area contributed by atoms with Crippen LogP contribution in [0.2, 0.25) is 0 Å². The molecule has 4 aromatic rings. The van der Waals surface area contributed by atoms with Crippen LogP contribution in [0, 0.1) is 0 Å². The fourth-order valence-electron chi connectivity index (χ4n) is 3.80. The van der Waals surface area contributed by atoms with Gasteiger partial charge in [0.05, 0.1) is 12.1 Å². The molecule has 0 N–H and O–H groups in total. The second-order valence-corrected chi connectivity index (χ2v) is 6.95. The average molecular weight is 358 g/mol. The number of carbonyl (C=O) groups is 1. The maximum absolute atomic E-state index is 12.9. The molecule has 27 heavy (non-hydrogen) atoms. The molecule has 0 bridgehead atoms. The number of para-hydroxylation sites is 2. The Hall–Kier alpha value is -3.34. The molecule has 1 aliphatic heterocycles. The van der Waals surface area contributed by atoms with Gasteiger partial charge < -0.3 is 13.8 Å². The van der Waals surface area contributed by atoms with E-state index in [0.29, 0.717) is 17.2 Å². The number of hydrogen-bond donors (Lipinski definition) is 0. The molecule has 1 amide bonds. The first kappa shape index (κ1) is 15.9. The zero-order valence-electron chi connectivity index (χ0n) is 14.9. The third kappa shape index (κ3) is 2.72. The minimum atomic E-state index is 0.0249. The van der Waals surface area contributed by atoms with Crippen molar-refractivity contribution in [2.24, 2.45) is 0 Å². The monoisotopic (exact) mass is 358 g/mol. The summed E-state index contributed by atoms with van der Waals surface area (Å²) in [4.78, 5) is 14.8. The molecule has 2 aromatic heterocycles. The van der Waals surface area contributed by atoms with Crippen molar-refractivity contribution in [3.63, 3.8) is 0 Å². The molecule has 0 radical (unpaired) electrons. The predicted octanol–water partition coefficient (Wildman–Crippen LogP) is 4.61. The SMILES string of the molecule is C[C@H]1Cc2ccccc2N1C(=O)Cc1cc(-c2cc3ccccc3o2)on1. The topological polar surface area (TPSA) is 59.5 Å². The lowest BCUT2D eigenvalue weighted by molar-refractivity contribution is -0.118. The molecule has 5 heteroatoms. The third-order valence-corrected chi connectivity index (χ3v) is 5.04. The van der Waals surface area contributed by atoms with E-state index in [2.05, 4.69) is 18.1 Å². The highest BCUT2D eigenvalue weighted by atomic mass is 16.5. The van der Waals surface area contributed by atoms with Crippen LogP contribution in [0.1, 0.15) is 18.2 Å². The third-order valence-electron chi connectivity index (χ3n) is 5.04. The van der Waals surface area contributed by atoms with Crippen molar-refractivity contribution in [2.45, 2.75) is 25.8 Å². The highest BCUT2D eigenvalue weighted by Gasteiger charge is 2.31. The summed E-state index contributed by atoms with van der Waals surface area (Å²) in [6.07, 6.45) is 1.08. The summed E-state index contributed by atoms with van der Waals surface area (Å²) in [6, 6.07) is 19.7. The fourth-order valence-corrected chi connectivity index (χ4v) is 3.80. The van der Waals surface area contributed by atoms with Gasteiger partial charge in [-0.2, -0.15) is 0 Å². The summed E-state index contributed by atoms with van der Waals surface area (Å²) in [7, 11) is 0. The van der Waals surface area contributed by atoms with Crippen LogP contribution in [0.4, 0.5) is 5.69 Å². The summed E-state index contributed by atoms with van der Waals surface area (Å²) in [6.45, 7) is 2.07. The van der Waals surface area contributed by atoms with Crippen molar-refractivity contribution in [3.05, 3.63) is 71.9 Å². The molecule has 0 fully saturated rings. The van der Waals surface area contributed by atoms with Crippen LogP contribution in [0.5, 0.6) is 0 Å². The van der Waals surface area contributed by atoms with E-state index in [1.807, 2.05) is 53.4 Å². The Morgan fingerprint density at radius 3 is 2.81 bits per heavy atom. The van der Waals surface area contributed by atoms with Crippen molar-refractivity contribution in [2.75, 3.05) is 4.90 Å². The fraction of sp³-hybridized carbons (Fsp3) is 0.182. The molecule has 0 saturated carbocycles. The van der Waals surface area contributed by atoms with Gasteiger partial charge in [-0.05, 0) is 37.1 Å². The average Bonchev–Trinajstić information content (AvgIpc) is 3.36. The van der Waals surface area contributed by atoms with Crippen molar-refractivity contribution in [1.29, 1.82) is 0 Å². The van der Waals surface area contributed by atoms with Gasteiger partial charge in [0.2, 0.25) is 11.7 Å². The first-order chi connectivity index (χ1) is 13.2. The molecule has 0 unspecified atom stereocenters. The van der Waals surface area contributed by atoms with Gasteiger partial charge in [-0.15, -0.1) is 0 Å². The summed E-state index contributed by atoms with van der Waals surface area (Å²) in [5, 5.41) is 5.08. The minimum absolute atomic E-state index is 0.0249. The van der Waals surface area contributed by atoms with Crippen LogP contribution in [-0.2, 0) is 17.6 Å². The Labute approximate surface area is 156 Å². The number of furan rings is 1.